The fourth-order valence-electron chi connectivity index (χ4n) is 2.74. The Bertz CT molecular complexity index is 1190. The molecule has 25 heavy (non-hydrogen) atoms. The summed E-state index contributed by atoms with van der Waals surface area (Å²) in [6, 6.07) is 1.00. The zero-order valence-electron chi connectivity index (χ0n) is 13.0. The minimum atomic E-state index is -4.52. The number of aromatic amines is 1. The van der Waals surface area contributed by atoms with Crippen LogP contribution in [0.2, 0.25) is 0 Å². The summed E-state index contributed by atoms with van der Waals surface area (Å²) in [4.78, 5) is 23.6. The second-order valence-electron chi connectivity index (χ2n) is 5.49. The number of anilines is 1. The molecule has 4 aromatic heterocycles. The number of pyridine rings is 2. The molecular weight excluding hydrogens is 373 g/mol. The van der Waals surface area contributed by atoms with Gasteiger partial charge >= 0.3 is 6.18 Å². The van der Waals surface area contributed by atoms with Gasteiger partial charge in [0, 0.05) is 11.9 Å². The van der Waals surface area contributed by atoms with E-state index in [1.807, 2.05) is 6.92 Å². The average molecular weight is 384 g/mol. The molecule has 0 aliphatic heterocycles. The number of H-pyrrole nitrogens is 1. The monoisotopic (exact) mass is 384 g/mol. The third-order valence-electron chi connectivity index (χ3n) is 3.76. The fraction of sp³-hybridized carbons (Fsp3) is 0.267. The van der Waals surface area contributed by atoms with Crippen LogP contribution >= 0.6 is 22.7 Å². The van der Waals surface area contributed by atoms with Gasteiger partial charge in [-0.1, -0.05) is 11.3 Å². The van der Waals surface area contributed by atoms with Gasteiger partial charge in [-0.2, -0.15) is 13.2 Å². The zero-order chi connectivity index (χ0) is 17.9. The van der Waals surface area contributed by atoms with Crippen molar-refractivity contribution in [1.82, 2.24) is 15.0 Å². The number of aromatic nitrogens is 3. The third-order valence-corrected chi connectivity index (χ3v) is 5.87. The van der Waals surface area contributed by atoms with Crippen LogP contribution in [0, 0.1) is 6.92 Å². The van der Waals surface area contributed by atoms with Gasteiger partial charge in [0.15, 0.2) is 5.13 Å². The number of thiophene rings is 1. The second kappa shape index (κ2) is 5.40. The van der Waals surface area contributed by atoms with Crippen LogP contribution in [0.1, 0.15) is 18.2 Å². The molecule has 0 aliphatic carbocycles. The van der Waals surface area contributed by atoms with Gasteiger partial charge in [-0.15, -0.1) is 11.3 Å². The topological polar surface area (TPSA) is 70.7 Å². The minimum absolute atomic E-state index is 0.239. The van der Waals surface area contributed by atoms with Crippen molar-refractivity contribution in [3.8, 4) is 0 Å². The van der Waals surface area contributed by atoms with Crippen molar-refractivity contribution in [2.75, 3.05) is 11.9 Å². The number of aryl methyl sites for hydroxylation is 1. The predicted molar refractivity (Wildman–Crippen MR) is 94.8 cm³/mol. The van der Waals surface area contributed by atoms with Crippen molar-refractivity contribution in [2.45, 2.75) is 20.0 Å². The molecule has 0 amide bonds. The van der Waals surface area contributed by atoms with Gasteiger partial charge in [0.1, 0.15) is 20.7 Å². The Labute approximate surface area is 146 Å². The SMILES string of the molecule is CCNc1nc2c(s1)c(=O)[nH]c1c2sc2nc(C(F)(F)F)cc(C)c21. The molecule has 4 rings (SSSR count). The molecule has 0 fully saturated rings. The summed E-state index contributed by atoms with van der Waals surface area (Å²) in [7, 11) is 0. The first-order valence-corrected chi connectivity index (χ1v) is 9.00. The Morgan fingerprint density at radius 1 is 1.24 bits per heavy atom. The Morgan fingerprint density at radius 2 is 2.00 bits per heavy atom. The lowest BCUT2D eigenvalue weighted by atomic mass is 10.1. The number of hydrogen-bond donors (Lipinski definition) is 2. The van der Waals surface area contributed by atoms with Crippen LogP contribution in [0.4, 0.5) is 18.3 Å². The highest BCUT2D eigenvalue weighted by Crippen LogP contribution is 2.40. The second-order valence-corrected chi connectivity index (χ2v) is 7.49. The molecular formula is C15H11F3N4OS2. The highest BCUT2D eigenvalue weighted by Gasteiger charge is 2.33. The van der Waals surface area contributed by atoms with Gasteiger partial charge in [0.05, 0.1) is 10.2 Å². The van der Waals surface area contributed by atoms with Crippen molar-refractivity contribution in [2.24, 2.45) is 0 Å². The molecule has 130 valence electrons. The van der Waals surface area contributed by atoms with Gasteiger partial charge in [-0.3, -0.25) is 4.79 Å². The molecule has 0 atom stereocenters. The number of nitrogens with one attached hydrogen (secondary N) is 2. The lowest BCUT2D eigenvalue weighted by molar-refractivity contribution is -0.141. The maximum Gasteiger partial charge on any atom is 0.433 e. The molecule has 0 aliphatic rings. The number of fused-ring (bicyclic) bond motifs is 5. The van der Waals surface area contributed by atoms with Crippen molar-refractivity contribution in [3.63, 3.8) is 0 Å². The normalized spacial score (nSPS) is 12.5. The Kier molecular flexibility index (Phi) is 3.51. The van der Waals surface area contributed by atoms with Crippen molar-refractivity contribution in [3.05, 3.63) is 27.7 Å². The van der Waals surface area contributed by atoms with Crippen LogP contribution in [-0.4, -0.2) is 21.5 Å². The number of rotatable bonds is 2. The molecule has 4 aromatic rings. The first kappa shape index (κ1) is 16.3. The van der Waals surface area contributed by atoms with Crippen molar-refractivity contribution >= 4 is 58.5 Å². The number of halogens is 3. The maximum atomic E-state index is 13.0. The average Bonchev–Trinajstić information content (AvgIpc) is 3.08. The number of nitrogens with zero attached hydrogens (tertiary/aromatic N) is 2. The van der Waals surface area contributed by atoms with E-state index in [4.69, 9.17) is 0 Å². The summed E-state index contributed by atoms with van der Waals surface area (Å²) in [5.41, 5.74) is 0.165. The quantitative estimate of drug-likeness (QED) is 0.534. The van der Waals surface area contributed by atoms with Crippen LogP contribution in [-0.2, 0) is 6.18 Å². The van der Waals surface area contributed by atoms with E-state index in [-0.39, 0.29) is 10.4 Å². The van der Waals surface area contributed by atoms with E-state index in [2.05, 4.69) is 20.3 Å². The van der Waals surface area contributed by atoms with E-state index < -0.39 is 11.9 Å². The molecule has 0 unspecified atom stereocenters. The van der Waals surface area contributed by atoms with Gasteiger partial charge < -0.3 is 10.3 Å². The van der Waals surface area contributed by atoms with Gasteiger partial charge in [0.25, 0.3) is 5.56 Å². The fourth-order valence-corrected chi connectivity index (χ4v) is 4.94. The van der Waals surface area contributed by atoms with E-state index in [0.717, 1.165) is 17.4 Å². The smallest absolute Gasteiger partial charge is 0.362 e. The molecule has 0 saturated carbocycles. The molecule has 0 bridgehead atoms. The largest absolute Gasteiger partial charge is 0.433 e. The molecule has 0 saturated heterocycles. The molecule has 4 heterocycles. The summed E-state index contributed by atoms with van der Waals surface area (Å²) >= 11 is 2.34. The summed E-state index contributed by atoms with van der Waals surface area (Å²) < 4.78 is 40.2. The van der Waals surface area contributed by atoms with E-state index in [0.29, 0.717) is 43.1 Å². The highest BCUT2D eigenvalue weighted by atomic mass is 32.1. The van der Waals surface area contributed by atoms with E-state index >= 15 is 0 Å². The highest BCUT2D eigenvalue weighted by molar-refractivity contribution is 7.27. The third kappa shape index (κ3) is 2.47. The standard InChI is InChI=1S/C15H11F3N4OS2/c1-3-19-14-22-9-10-8(21-12(23)11(9)25-14)7-5(2)4-6(15(16,17)18)20-13(7)24-10/h4H,3H2,1-2H3,(H,19,22)(H,21,23). The molecule has 0 spiro atoms. The molecule has 0 aromatic carbocycles. The summed E-state index contributed by atoms with van der Waals surface area (Å²) in [6.45, 7) is 4.15. The number of thiazole rings is 1. The Hall–Kier alpha value is -2.20. The number of alkyl halides is 3. The Balaban J connectivity index is 2.12. The van der Waals surface area contributed by atoms with Crippen LogP contribution in [0.3, 0.4) is 0 Å². The van der Waals surface area contributed by atoms with Crippen LogP contribution in [0.25, 0.3) is 30.6 Å². The maximum absolute atomic E-state index is 13.0. The molecule has 10 heteroatoms. The van der Waals surface area contributed by atoms with E-state index in [1.165, 1.54) is 11.3 Å². The predicted octanol–water partition coefficient (Wildman–Crippen LogP) is 4.51. The van der Waals surface area contributed by atoms with Crippen molar-refractivity contribution in [1.29, 1.82) is 0 Å². The van der Waals surface area contributed by atoms with Crippen LogP contribution in [0.15, 0.2) is 10.9 Å². The molecule has 5 nitrogen and oxygen atoms in total. The van der Waals surface area contributed by atoms with Gasteiger partial charge in [-0.05, 0) is 25.5 Å². The lowest BCUT2D eigenvalue weighted by Gasteiger charge is -2.06. The van der Waals surface area contributed by atoms with Crippen LogP contribution < -0.4 is 10.9 Å². The van der Waals surface area contributed by atoms with Gasteiger partial charge in [0.2, 0.25) is 0 Å². The lowest BCUT2D eigenvalue weighted by Crippen LogP contribution is -2.08. The Morgan fingerprint density at radius 3 is 2.68 bits per heavy atom. The zero-order valence-corrected chi connectivity index (χ0v) is 14.7. The van der Waals surface area contributed by atoms with E-state index in [9.17, 15) is 18.0 Å². The van der Waals surface area contributed by atoms with Crippen LogP contribution in [0.5, 0.6) is 0 Å². The van der Waals surface area contributed by atoms with Crippen molar-refractivity contribution < 1.29 is 13.2 Å². The first-order valence-electron chi connectivity index (χ1n) is 7.37. The van der Waals surface area contributed by atoms with Gasteiger partial charge in [-0.25, -0.2) is 9.97 Å². The minimum Gasteiger partial charge on any atom is -0.362 e. The molecule has 0 radical (unpaired) electrons. The summed E-state index contributed by atoms with van der Waals surface area (Å²) in [5.74, 6) is 0. The first-order chi connectivity index (χ1) is 11.8. The molecule has 2 N–H and O–H groups in total. The summed E-state index contributed by atoms with van der Waals surface area (Å²) in [5, 5.41) is 4.20. The summed E-state index contributed by atoms with van der Waals surface area (Å²) in [6.07, 6.45) is -4.52. The van der Waals surface area contributed by atoms with E-state index in [1.54, 1.807) is 6.92 Å². The number of hydrogen-bond acceptors (Lipinski definition) is 6.